The number of carbonyl (C=O) groups is 2. The van der Waals surface area contributed by atoms with Crippen molar-refractivity contribution in [2.45, 2.75) is 18.9 Å². The molecule has 140 valence electrons. The van der Waals surface area contributed by atoms with Crippen molar-refractivity contribution in [3.05, 3.63) is 33.8 Å². The summed E-state index contributed by atoms with van der Waals surface area (Å²) in [7, 11) is 3.97. The van der Waals surface area contributed by atoms with Gasteiger partial charge in [0.1, 0.15) is 6.04 Å². The molecule has 2 amide bonds. The maximum absolute atomic E-state index is 12.4. The molecule has 0 heterocycles. The Bertz CT molecular complexity index is 585. The summed E-state index contributed by atoms with van der Waals surface area (Å²) in [5.74, 6) is 0.215. The summed E-state index contributed by atoms with van der Waals surface area (Å²) in [5.41, 5.74) is 0.306. The first-order chi connectivity index (χ1) is 11.8. The first-order valence-corrected chi connectivity index (χ1v) is 10.2. The number of carbonyl (C=O) groups excluding carboxylic acids is 2. The molecule has 0 radical (unpaired) electrons. The van der Waals surface area contributed by atoms with Gasteiger partial charge in [-0.25, -0.2) is 0 Å². The quantitative estimate of drug-likeness (QED) is 0.587. The van der Waals surface area contributed by atoms with E-state index < -0.39 is 6.04 Å². The van der Waals surface area contributed by atoms with Crippen molar-refractivity contribution in [1.82, 2.24) is 15.5 Å². The van der Waals surface area contributed by atoms with Gasteiger partial charge in [-0.15, -0.1) is 0 Å². The van der Waals surface area contributed by atoms with Crippen LogP contribution in [0.5, 0.6) is 0 Å². The van der Waals surface area contributed by atoms with E-state index in [1.165, 1.54) is 6.07 Å². The molecule has 0 saturated heterocycles. The van der Waals surface area contributed by atoms with Gasteiger partial charge < -0.3 is 15.5 Å². The first-order valence-electron chi connectivity index (χ1n) is 8.02. The van der Waals surface area contributed by atoms with E-state index in [0.29, 0.717) is 23.6 Å². The topological polar surface area (TPSA) is 61.4 Å². The lowest BCUT2D eigenvalue weighted by Gasteiger charge is -2.19. The molecule has 5 nitrogen and oxygen atoms in total. The highest BCUT2D eigenvalue weighted by Crippen LogP contribution is 2.21. The van der Waals surface area contributed by atoms with Crippen LogP contribution < -0.4 is 10.6 Å². The maximum Gasteiger partial charge on any atom is 0.253 e. The predicted octanol–water partition coefficient (Wildman–Crippen LogP) is 2.91. The molecule has 0 saturated carbocycles. The Hall–Kier alpha value is -0.950. The lowest BCUT2D eigenvalue weighted by Crippen LogP contribution is -2.47. The predicted molar refractivity (Wildman–Crippen MR) is 107 cm³/mol. The number of hydrogen-bond donors (Lipinski definition) is 2. The third-order valence-electron chi connectivity index (χ3n) is 3.49. The summed E-state index contributed by atoms with van der Waals surface area (Å²) in [5, 5.41) is 6.38. The van der Waals surface area contributed by atoms with Crippen molar-refractivity contribution in [3.63, 3.8) is 0 Å². The Kier molecular flexibility index (Phi) is 10.3. The third kappa shape index (κ3) is 8.31. The highest BCUT2D eigenvalue weighted by Gasteiger charge is 2.22. The van der Waals surface area contributed by atoms with Gasteiger partial charge in [0.15, 0.2) is 0 Å². The molecular weight excluding hydrogens is 381 g/mol. The SMILES string of the molecule is CSCCC(NC(=O)c1ccc(Cl)cc1Cl)C(=O)NCCCN(C)C. The van der Waals surface area contributed by atoms with E-state index >= 15 is 0 Å². The highest BCUT2D eigenvalue weighted by atomic mass is 35.5. The fourth-order valence-electron chi connectivity index (χ4n) is 2.14. The van der Waals surface area contributed by atoms with Crippen molar-refractivity contribution < 1.29 is 9.59 Å². The molecule has 0 aliphatic heterocycles. The summed E-state index contributed by atoms with van der Waals surface area (Å²) in [6.45, 7) is 1.47. The maximum atomic E-state index is 12.4. The fraction of sp³-hybridized carbons (Fsp3) is 0.529. The molecule has 2 N–H and O–H groups in total. The molecule has 0 aromatic heterocycles. The number of nitrogens with zero attached hydrogens (tertiary/aromatic N) is 1. The van der Waals surface area contributed by atoms with Gasteiger partial charge in [-0.05, 0) is 63.7 Å². The number of thioether (sulfide) groups is 1. The summed E-state index contributed by atoms with van der Waals surface area (Å²) in [4.78, 5) is 26.9. The van der Waals surface area contributed by atoms with E-state index in [4.69, 9.17) is 23.2 Å². The summed E-state index contributed by atoms with van der Waals surface area (Å²) < 4.78 is 0. The zero-order chi connectivity index (χ0) is 18.8. The van der Waals surface area contributed by atoms with E-state index in [9.17, 15) is 9.59 Å². The van der Waals surface area contributed by atoms with Crippen LogP contribution in [-0.2, 0) is 4.79 Å². The normalized spacial score (nSPS) is 12.1. The molecule has 0 aliphatic carbocycles. The van der Waals surface area contributed by atoms with E-state index in [1.54, 1.807) is 23.9 Å². The Morgan fingerprint density at radius 1 is 1.28 bits per heavy atom. The van der Waals surface area contributed by atoms with Crippen LogP contribution in [-0.4, -0.2) is 61.9 Å². The van der Waals surface area contributed by atoms with Gasteiger partial charge in [0.25, 0.3) is 5.91 Å². The number of hydrogen-bond acceptors (Lipinski definition) is 4. The zero-order valence-corrected chi connectivity index (χ0v) is 17.1. The van der Waals surface area contributed by atoms with Gasteiger partial charge in [0.05, 0.1) is 10.6 Å². The van der Waals surface area contributed by atoms with Gasteiger partial charge in [0, 0.05) is 11.6 Å². The second kappa shape index (κ2) is 11.6. The van der Waals surface area contributed by atoms with Gasteiger partial charge in [-0.1, -0.05) is 23.2 Å². The van der Waals surface area contributed by atoms with Crippen molar-refractivity contribution in [2.75, 3.05) is 39.2 Å². The Morgan fingerprint density at radius 3 is 2.60 bits per heavy atom. The molecular formula is C17H25Cl2N3O2S. The van der Waals surface area contributed by atoms with Crippen LogP contribution in [0.1, 0.15) is 23.2 Å². The minimum Gasteiger partial charge on any atom is -0.354 e. The van der Waals surface area contributed by atoms with Crippen LogP contribution in [0.25, 0.3) is 0 Å². The monoisotopic (exact) mass is 405 g/mol. The minimum atomic E-state index is -0.592. The molecule has 0 spiro atoms. The molecule has 25 heavy (non-hydrogen) atoms. The summed E-state index contributed by atoms with van der Waals surface area (Å²) in [6, 6.07) is 4.07. The number of amides is 2. The summed E-state index contributed by atoms with van der Waals surface area (Å²) >= 11 is 13.5. The van der Waals surface area contributed by atoms with Crippen LogP contribution in [0.2, 0.25) is 10.0 Å². The molecule has 8 heteroatoms. The number of halogens is 2. The van der Waals surface area contributed by atoms with Crippen LogP contribution in [0, 0.1) is 0 Å². The molecule has 1 aromatic rings. The molecule has 1 unspecified atom stereocenters. The van der Waals surface area contributed by atoms with Gasteiger partial charge in [-0.2, -0.15) is 11.8 Å². The third-order valence-corrected chi connectivity index (χ3v) is 4.68. The van der Waals surface area contributed by atoms with Crippen molar-refractivity contribution in [2.24, 2.45) is 0 Å². The smallest absolute Gasteiger partial charge is 0.253 e. The highest BCUT2D eigenvalue weighted by molar-refractivity contribution is 7.98. The van der Waals surface area contributed by atoms with Crippen molar-refractivity contribution in [3.8, 4) is 0 Å². The van der Waals surface area contributed by atoms with Crippen molar-refractivity contribution >= 4 is 46.8 Å². The van der Waals surface area contributed by atoms with E-state index in [2.05, 4.69) is 15.5 Å². The van der Waals surface area contributed by atoms with E-state index in [-0.39, 0.29) is 16.8 Å². The Labute approximate surface area is 163 Å². The molecule has 0 bridgehead atoms. The Balaban J connectivity index is 2.67. The Morgan fingerprint density at radius 2 is 2.00 bits per heavy atom. The van der Waals surface area contributed by atoms with Gasteiger partial charge in [0.2, 0.25) is 5.91 Å². The van der Waals surface area contributed by atoms with Gasteiger partial charge >= 0.3 is 0 Å². The van der Waals surface area contributed by atoms with Crippen LogP contribution in [0.15, 0.2) is 18.2 Å². The van der Waals surface area contributed by atoms with E-state index in [1.807, 2.05) is 20.4 Å². The second-order valence-electron chi connectivity index (χ2n) is 5.88. The second-order valence-corrected chi connectivity index (χ2v) is 7.71. The fourth-order valence-corrected chi connectivity index (χ4v) is 3.11. The summed E-state index contributed by atoms with van der Waals surface area (Å²) in [6.07, 6.45) is 3.37. The lowest BCUT2D eigenvalue weighted by atomic mass is 10.1. The van der Waals surface area contributed by atoms with Gasteiger partial charge in [-0.3, -0.25) is 9.59 Å². The van der Waals surface area contributed by atoms with Crippen LogP contribution in [0.4, 0.5) is 0 Å². The average Bonchev–Trinajstić information content (AvgIpc) is 2.54. The zero-order valence-electron chi connectivity index (χ0n) is 14.8. The van der Waals surface area contributed by atoms with Crippen molar-refractivity contribution in [1.29, 1.82) is 0 Å². The molecule has 0 fully saturated rings. The number of benzene rings is 1. The largest absolute Gasteiger partial charge is 0.354 e. The van der Waals surface area contributed by atoms with Crippen LogP contribution in [0.3, 0.4) is 0 Å². The number of nitrogens with one attached hydrogen (secondary N) is 2. The number of rotatable bonds is 10. The molecule has 1 rings (SSSR count). The van der Waals surface area contributed by atoms with Crippen LogP contribution >= 0.6 is 35.0 Å². The lowest BCUT2D eigenvalue weighted by molar-refractivity contribution is -0.123. The average molecular weight is 406 g/mol. The molecule has 0 aliphatic rings. The molecule has 1 atom stereocenters. The standard InChI is InChI=1S/C17H25Cl2N3O2S/c1-22(2)9-4-8-20-17(24)15(7-10-25-3)21-16(23)13-6-5-12(18)11-14(13)19/h5-6,11,15H,4,7-10H2,1-3H3,(H,20,24)(H,21,23). The minimum absolute atomic E-state index is 0.175. The first kappa shape index (κ1) is 22.1. The molecule has 1 aromatic carbocycles. The van der Waals surface area contributed by atoms with E-state index in [0.717, 1.165) is 18.7 Å².